The largest absolute Gasteiger partial charge is 0.505 e. The average Bonchev–Trinajstić information content (AvgIpc) is 3.60. The second-order valence-corrected chi connectivity index (χ2v) is 10.7. The van der Waals surface area contributed by atoms with Crippen LogP contribution >= 0.6 is 0 Å². The summed E-state index contributed by atoms with van der Waals surface area (Å²) in [6, 6.07) is 8.47. The van der Waals surface area contributed by atoms with Crippen LogP contribution in [0.1, 0.15) is 44.6 Å². The van der Waals surface area contributed by atoms with Gasteiger partial charge in [-0.15, -0.1) is 0 Å². The van der Waals surface area contributed by atoms with Crippen molar-refractivity contribution in [1.29, 1.82) is 0 Å². The average molecular weight is 562 g/mol. The molecule has 1 aliphatic heterocycles. The van der Waals surface area contributed by atoms with Crippen molar-refractivity contribution in [2.24, 2.45) is 0 Å². The Labute approximate surface area is 240 Å². The Kier molecular flexibility index (Phi) is 8.42. The highest BCUT2D eigenvalue weighted by Crippen LogP contribution is 2.34. The maximum absolute atomic E-state index is 14.2. The molecule has 0 saturated heterocycles. The molecule has 0 saturated carbocycles. The number of nitrogens with zero attached hydrogens (tertiary/aromatic N) is 5. The quantitative estimate of drug-likeness (QED) is 0.262. The number of aromatic hydroxyl groups is 1. The molecule has 1 atom stereocenters. The first kappa shape index (κ1) is 28.8. The highest BCUT2D eigenvalue weighted by atomic mass is 19.1. The second kappa shape index (κ2) is 12.0. The van der Waals surface area contributed by atoms with Crippen LogP contribution in [0.5, 0.6) is 5.75 Å². The molecule has 218 valence electrons. The lowest BCUT2D eigenvalue weighted by molar-refractivity contribution is -0.136. The number of halogens is 1. The monoisotopic (exact) mass is 561 g/mol. The molecule has 0 unspecified atom stereocenters. The number of hydrogen-bond acceptors (Lipinski definition) is 6. The van der Waals surface area contributed by atoms with Crippen LogP contribution < -0.4 is 0 Å². The second-order valence-electron chi connectivity index (χ2n) is 10.7. The summed E-state index contributed by atoms with van der Waals surface area (Å²) in [6.45, 7) is 13.2. The molecule has 3 heterocycles. The molecule has 0 fully saturated rings. The summed E-state index contributed by atoms with van der Waals surface area (Å²) in [5, 5.41) is 18.4. The van der Waals surface area contributed by atoms with E-state index in [1.165, 1.54) is 12.1 Å². The number of H-pyrrole nitrogens is 2. The molecule has 0 aliphatic carbocycles. The molecule has 2 aromatic carbocycles. The molecular formula is C31H40FN7O2. The molecule has 5 rings (SSSR count). The normalized spacial score (nSPS) is 15.5. The van der Waals surface area contributed by atoms with E-state index < -0.39 is 5.82 Å². The molecule has 10 heteroatoms. The number of nitrogens with one attached hydrogen (secondary N) is 2. The maximum atomic E-state index is 14.2. The summed E-state index contributed by atoms with van der Waals surface area (Å²) < 4.78 is 14.2. The summed E-state index contributed by atoms with van der Waals surface area (Å²) in [5.41, 5.74) is 5.87. The third-order valence-electron chi connectivity index (χ3n) is 8.42. The van der Waals surface area contributed by atoms with E-state index in [4.69, 9.17) is 4.98 Å². The molecule has 4 aromatic rings. The summed E-state index contributed by atoms with van der Waals surface area (Å²) in [5.74, 6) is -0.187. The van der Waals surface area contributed by atoms with E-state index in [-0.39, 0.29) is 17.7 Å². The van der Waals surface area contributed by atoms with Gasteiger partial charge >= 0.3 is 0 Å². The lowest BCUT2D eigenvalue weighted by atomic mass is 9.96. The van der Waals surface area contributed by atoms with Gasteiger partial charge in [0.15, 0.2) is 17.4 Å². The SMILES string of the molecule is CCc1cc(O)c(F)cc1-c1ccc2c(-c3nc4c([nH]3)CN(CC)[C@@H](C(=O)N(C)CCN(CC)CC)C4)n[nH]c2c1. The Morgan fingerprint density at radius 1 is 1.15 bits per heavy atom. The first-order chi connectivity index (χ1) is 19.8. The predicted octanol–water partition coefficient (Wildman–Crippen LogP) is 4.57. The number of rotatable bonds is 10. The van der Waals surface area contributed by atoms with Crippen LogP contribution in [0.3, 0.4) is 0 Å². The van der Waals surface area contributed by atoms with E-state index in [0.29, 0.717) is 37.4 Å². The molecule has 1 amide bonds. The number of phenolic OH excluding ortho intramolecular Hbond substituents is 1. The Bertz CT molecular complexity index is 1540. The van der Waals surface area contributed by atoms with Crippen LogP contribution in [-0.2, 0) is 24.2 Å². The smallest absolute Gasteiger partial charge is 0.240 e. The number of fused-ring (bicyclic) bond motifs is 2. The van der Waals surface area contributed by atoms with E-state index in [2.05, 4.69) is 45.8 Å². The molecule has 0 bridgehead atoms. The highest BCUT2D eigenvalue weighted by molar-refractivity contribution is 5.94. The molecule has 9 nitrogen and oxygen atoms in total. The van der Waals surface area contributed by atoms with E-state index in [0.717, 1.165) is 65.2 Å². The Balaban J connectivity index is 1.39. The van der Waals surface area contributed by atoms with Gasteiger partial charge in [0.05, 0.1) is 22.9 Å². The predicted molar refractivity (Wildman–Crippen MR) is 159 cm³/mol. The number of carbonyl (C=O) groups is 1. The van der Waals surface area contributed by atoms with Gasteiger partial charge in [-0.1, -0.05) is 33.8 Å². The van der Waals surface area contributed by atoms with Crippen molar-refractivity contribution >= 4 is 16.8 Å². The first-order valence-electron chi connectivity index (χ1n) is 14.6. The van der Waals surface area contributed by atoms with Crippen molar-refractivity contribution in [3.8, 4) is 28.4 Å². The summed E-state index contributed by atoms with van der Waals surface area (Å²) in [4.78, 5) is 28.3. The van der Waals surface area contributed by atoms with Crippen LogP contribution in [0.4, 0.5) is 4.39 Å². The van der Waals surface area contributed by atoms with Crippen molar-refractivity contribution in [2.75, 3.05) is 39.8 Å². The number of amides is 1. The lowest BCUT2D eigenvalue weighted by Gasteiger charge is -2.35. The summed E-state index contributed by atoms with van der Waals surface area (Å²) in [7, 11) is 1.89. The molecule has 0 spiro atoms. The molecule has 1 aliphatic rings. The highest BCUT2D eigenvalue weighted by Gasteiger charge is 2.35. The third kappa shape index (κ3) is 5.58. The topological polar surface area (TPSA) is 104 Å². The van der Waals surface area contributed by atoms with Gasteiger partial charge in [0.1, 0.15) is 5.69 Å². The van der Waals surface area contributed by atoms with E-state index in [1.54, 1.807) is 0 Å². The van der Waals surface area contributed by atoms with Crippen LogP contribution in [-0.4, -0.2) is 91.7 Å². The Hall–Kier alpha value is -3.76. The van der Waals surface area contributed by atoms with Crippen molar-refractivity contribution in [3.05, 3.63) is 53.1 Å². The molecular weight excluding hydrogens is 521 g/mol. The van der Waals surface area contributed by atoms with Gasteiger partial charge in [0.25, 0.3) is 0 Å². The summed E-state index contributed by atoms with van der Waals surface area (Å²) >= 11 is 0. The van der Waals surface area contributed by atoms with Crippen LogP contribution in [0.2, 0.25) is 0 Å². The maximum Gasteiger partial charge on any atom is 0.240 e. The van der Waals surface area contributed by atoms with Gasteiger partial charge in [-0.25, -0.2) is 9.37 Å². The van der Waals surface area contributed by atoms with Gasteiger partial charge in [0.2, 0.25) is 5.91 Å². The number of aromatic amines is 2. The third-order valence-corrected chi connectivity index (χ3v) is 8.42. The van der Waals surface area contributed by atoms with Crippen molar-refractivity contribution in [2.45, 2.75) is 53.1 Å². The van der Waals surface area contributed by atoms with Gasteiger partial charge in [-0.2, -0.15) is 5.10 Å². The zero-order valence-electron chi connectivity index (χ0n) is 24.6. The number of imidazole rings is 1. The number of aryl methyl sites for hydroxylation is 1. The Morgan fingerprint density at radius 3 is 2.63 bits per heavy atom. The minimum absolute atomic E-state index is 0.129. The molecule has 3 N–H and O–H groups in total. The van der Waals surface area contributed by atoms with Gasteiger partial charge < -0.3 is 19.9 Å². The van der Waals surface area contributed by atoms with E-state index >= 15 is 0 Å². The van der Waals surface area contributed by atoms with Crippen LogP contribution in [0.25, 0.3) is 33.5 Å². The summed E-state index contributed by atoms with van der Waals surface area (Å²) in [6.07, 6.45) is 1.21. The van der Waals surface area contributed by atoms with E-state index in [1.807, 2.05) is 37.1 Å². The molecule has 0 radical (unpaired) electrons. The lowest BCUT2D eigenvalue weighted by Crippen LogP contribution is -2.51. The van der Waals surface area contributed by atoms with Crippen molar-refractivity contribution in [1.82, 2.24) is 34.9 Å². The number of likely N-dealkylation sites (N-methyl/N-ethyl adjacent to an activating group) is 3. The molecule has 41 heavy (non-hydrogen) atoms. The number of carbonyl (C=O) groups excluding carboxylic acids is 1. The van der Waals surface area contributed by atoms with E-state index in [9.17, 15) is 14.3 Å². The fourth-order valence-corrected chi connectivity index (χ4v) is 5.79. The van der Waals surface area contributed by atoms with Crippen molar-refractivity contribution in [3.63, 3.8) is 0 Å². The standard InChI is InChI=1S/C31H40FN7O2/c1-6-19-15-28(40)23(32)16-22(19)20-10-11-21-24(14-20)35-36-29(21)30-33-25-17-27(39(9-4)18-26(25)34-30)31(41)37(5)12-13-38(7-2)8-3/h10-11,14-16,27,40H,6-9,12-13,17-18H2,1-5H3,(H,33,34)(H,35,36)/t27-/m1/s1. The first-order valence-corrected chi connectivity index (χ1v) is 14.6. The van der Waals surface area contributed by atoms with Crippen LogP contribution in [0.15, 0.2) is 30.3 Å². The van der Waals surface area contributed by atoms with Gasteiger partial charge in [0, 0.05) is 38.5 Å². The fraction of sp³-hybridized carbons (Fsp3) is 0.452. The Morgan fingerprint density at radius 2 is 1.93 bits per heavy atom. The van der Waals surface area contributed by atoms with Gasteiger partial charge in [-0.3, -0.25) is 14.8 Å². The zero-order chi connectivity index (χ0) is 29.3. The van der Waals surface area contributed by atoms with Crippen LogP contribution in [0, 0.1) is 5.82 Å². The van der Waals surface area contributed by atoms with Gasteiger partial charge in [-0.05, 0) is 67.0 Å². The molecule has 2 aromatic heterocycles. The number of aromatic nitrogens is 4. The zero-order valence-corrected chi connectivity index (χ0v) is 24.6. The number of phenols is 1. The minimum Gasteiger partial charge on any atom is -0.505 e. The van der Waals surface area contributed by atoms with Crippen molar-refractivity contribution < 1.29 is 14.3 Å². The minimum atomic E-state index is -0.642. The fourth-order valence-electron chi connectivity index (χ4n) is 5.79. The number of benzene rings is 2. The number of hydrogen-bond donors (Lipinski definition) is 3.